The number of piperidine rings is 1. The summed E-state index contributed by atoms with van der Waals surface area (Å²) in [5.74, 6) is -0.210. The molecule has 0 N–H and O–H groups in total. The summed E-state index contributed by atoms with van der Waals surface area (Å²) in [5, 5.41) is 9.15. The van der Waals surface area contributed by atoms with Gasteiger partial charge in [0.05, 0.1) is 0 Å². The smallest absolute Gasteiger partial charge is 0.331 e. The van der Waals surface area contributed by atoms with E-state index < -0.39 is 11.2 Å². The zero-order valence-electron chi connectivity index (χ0n) is 13.9. The molecule has 1 aromatic rings. The molecule has 0 radical (unpaired) electrons. The van der Waals surface area contributed by atoms with E-state index in [0.717, 1.165) is 43.1 Å². The average molecular weight is 330 g/mol. The number of carbonyl (C=O) groups excluding carboxylic acids is 1. The quantitative estimate of drug-likeness (QED) is 0.824. The Hall–Kier alpha value is -2.36. The van der Waals surface area contributed by atoms with E-state index in [4.69, 9.17) is 5.26 Å². The standard InChI is InChI=1S/C17H22N4O3/c1-2-13-5-3-4-8-19(13)15(22)11-21-16(23)12(9-18)10-20(17(21)24)14-6-7-14/h10,13-14H,2-8,11H2,1H3/t13-/m0/s1. The Morgan fingerprint density at radius 2 is 2.04 bits per heavy atom. The first-order chi connectivity index (χ1) is 11.6. The highest BCUT2D eigenvalue weighted by Gasteiger charge is 2.29. The first kappa shape index (κ1) is 16.5. The number of nitriles is 1. The van der Waals surface area contributed by atoms with Crippen LogP contribution in [0, 0.1) is 11.3 Å². The van der Waals surface area contributed by atoms with Crippen LogP contribution in [-0.4, -0.2) is 32.5 Å². The van der Waals surface area contributed by atoms with Gasteiger partial charge in [0.1, 0.15) is 18.2 Å². The third-order valence-electron chi connectivity index (χ3n) is 4.97. The fourth-order valence-electron chi connectivity index (χ4n) is 3.43. The number of amides is 1. The summed E-state index contributed by atoms with van der Waals surface area (Å²) in [6.07, 6.45) is 6.93. The summed E-state index contributed by atoms with van der Waals surface area (Å²) < 4.78 is 2.36. The Morgan fingerprint density at radius 1 is 1.29 bits per heavy atom. The SMILES string of the molecule is CC[C@H]1CCCCN1C(=O)Cn1c(=O)c(C#N)cn(C2CC2)c1=O. The maximum absolute atomic E-state index is 12.7. The molecule has 2 aliphatic rings. The third kappa shape index (κ3) is 3.01. The summed E-state index contributed by atoms with van der Waals surface area (Å²) >= 11 is 0. The topological polar surface area (TPSA) is 88.1 Å². The van der Waals surface area contributed by atoms with Crippen molar-refractivity contribution in [1.82, 2.24) is 14.0 Å². The molecule has 0 bridgehead atoms. The van der Waals surface area contributed by atoms with Gasteiger partial charge in [-0.15, -0.1) is 0 Å². The minimum absolute atomic E-state index is 0.0462. The van der Waals surface area contributed by atoms with Crippen molar-refractivity contribution in [2.75, 3.05) is 6.54 Å². The second kappa shape index (κ2) is 6.63. The Bertz CT molecular complexity index is 798. The van der Waals surface area contributed by atoms with E-state index in [-0.39, 0.29) is 30.1 Å². The molecule has 0 unspecified atom stereocenters. The predicted molar refractivity (Wildman–Crippen MR) is 87.6 cm³/mol. The van der Waals surface area contributed by atoms with E-state index in [1.165, 1.54) is 10.8 Å². The van der Waals surface area contributed by atoms with Gasteiger partial charge in [-0.25, -0.2) is 9.36 Å². The van der Waals surface area contributed by atoms with Crippen LogP contribution in [0.15, 0.2) is 15.8 Å². The van der Waals surface area contributed by atoms with Gasteiger partial charge in [-0.3, -0.25) is 14.2 Å². The summed E-state index contributed by atoms with van der Waals surface area (Å²) in [4.78, 5) is 39.4. The minimum Gasteiger partial charge on any atom is -0.338 e. The molecule has 2 fully saturated rings. The van der Waals surface area contributed by atoms with Gasteiger partial charge in [-0.1, -0.05) is 6.92 Å². The average Bonchev–Trinajstić information content (AvgIpc) is 3.43. The van der Waals surface area contributed by atoms with Crippen LogP contribution >= 0.6 is 0 Å². The highest BCUT2D eigenvalue weighted by atomic mass is 16.2. The fourth-order valence-corrected chi connectivity index (χ4v) is 3.43. The lowest BCUT2D eigenvalue weighted by molar-refractivity contribution is -0.135. The van der Waals surface area contributed by atoms with Crippen LogP contribution in [0.1, 0.15) is 57.1 Å². The van der Waals surface area contributed by atoms with Gasteiger partial charge in [-0.05, 0) is 38.5 Å². The van der Waals surface area contributed by atoms with E-state index in [1.54, 1.807) is 4.90 Å². The summed E-state index contributed by atoms with van der Waals surface area (Å²) in [5.41, 5.74) is -1.24. The number of likely N-dealkylation sites (tertiary alicyclic amines) is 1. The molecule has 0 spiro atoms. The molecule has 1 atom stereocenters. The number of hydrogen-bond acceptors (Lipinski definition) is 4. The normalized spacial score (nSPS) is 20.7. The Balaban J connectivity index is 1.93. The first-order valence-electron chi connectivity index (χ1n) is 8.62. The first-order valence-corrected chi connectivity index (χ1v) is 8.62. The Morgan fingerprint density at radius 3 is 2.67 bits per heavy atom. The molecule has 1 amide bonds. The van der Waals surface area contributed by atoms with E-state index in [2.05, 4.69) is 0 Å². The van der Waals surface area contributed by atoms with Gasteiger partial charge in [0, 0.05) is 24.8 Å². The fraction of sp³-hybridized carbons (Fsp3) is 0.647. The molecule has 1 saturated carbocycles. The van der Waals surface area contributed by atoms with Gasteiger partial charge in [-0.2, -0.15) is 5.26 Å². The molecule has 1 aliphatic heterocycles. The van der Waals surface area contributed by atoms with Crippen molar-refractivity contribution in [3.8, 4) is 6.07 Å². The number of hydrogen-bond donors (Lipinski definition) is 0. The lowest BCUT2D eigenvalue weighted by atomic mass is 10.00. The van der Waals surface area contributed by atoms with Gasteiger partial charge in [0.2, 0.25) is 5.91 Å². The second-order valence-electron chi connectivity index (χ2n) is 6.61. The van der Waals surface area contributed by atoms with Gasteiger partial charge < -0.3 is 4.90 Å². The van der Waals surface area contributed by atoms with Crippen LogP contribution in [0.3, 0.4) is 0 Å². The number of carbonyl (C=O) groups is 1. The molecule has 2 heterocycles. The van der Waals surface area contributed by atoms with Crippen LogP contribution in [0.2, 0.25) is 0 Å². The van der Waals surface area contributed by atoms with Crippen LogP contribution in [0.5, 0.6) is 0 Å². The Labute approximate surface area is 140 Å². The number of nitrogens with zero attached hydrogens (tertiary/aromatic N) is 4. The summed E-state index contributed by atoms with van der Waals surface area (Å²) in [7, 11) is 0. The summed E-state index contributed by atoms with van der Waals surface area (Å²) in [6.45, 7) is 2.43. The van der Waals surface area contributed by atoms with Crippen molar-refractivity contribution < 1.29 is 4.79 Å². The van der Waals surface area contributed by atoms with Crippen LogP contribution in [-0.2, 0) is 11.3 Å². The summed E-state index contributed by atoms with van der Waals surface area (Å²) in [6, 6.07) is 2.06. The van der Waals surface area contributed by atoms with Crippen molar-refractivity contribution in [3.63, 3.8) is 0 Å². The molecule has 3 rings (SSSR count). The van der Waals surface area contributed by atoms with E-state index in [0.29, 0.717) is 6.54 Å². The molecule has 0 aromatic carbocycles. The third-order valence-corrected chi connectivity index (χ3v) is 4.97. The van der Waals surface area contributed by atoms with Crippen LogP contribution in [0.25, 0.3) is 0 Å². The van der Waals surface area contributed by atoms with E-state index in [1.807, 2.05) is 13.0 Å². The van der Waals surface area contributed by atoms with E-state index in [9.17, 15) is 14.4 Å². The lowest BCUT2D eigenvalue weighted by Gasteiger charge is -2.35. The van der Waals surface area contributed by atoms with Gasteiger partial charge in [0.25, 0.3) is 5.56 Å². The molecule has 1 aliphatic carbocycles. The van der Waals surface area contributed by atoms with Crippen LogP contribution in [0.4, 0.5) is 0 Å². The van der Waals surface area contributed by atoms with Crippen molar-refractivity contribution in [1.29, 1.82) is 5.26 Å². The monoisotopic (exact) mass is 330 g/mol. The predicted octanol–water partition coefficient (Wildman–Crippen LogP) is 1.01. The Kier molecular flexibility index (Phi) is 4.56. The lowest BCUT2D eigenvalue weighted by Crippen LogP contribution is -2.49. The van der Waals surface area contributed by atoms with Crippen LogP contribution < -0.4 is 11.2 Å². The van der Waals surface area contributed by atoms with Crippen molar-refractivity contribution in [3.05, 3.63) is 32.6 Å². The van der Waals surface area contributed by atoms with Gasteiger partial charge in [0.15, 0.2) is 0 Å². The van der Waals surface area contributed by atoms with Crippen molar-refractivity contribution >= 4 is 5.91 Å². The van der Waals surface area contributed by atoms with E-state index >= 15 is 0 Å². The zero-order chi connectivity index (χ0) is 17.3. The maximum atomic E-state index is 12.7. The molecule has 24 heavy (non-hydrogen) atoms. The molecule has 1 aromatic heterocycles. The minimum atomic E-state index is -0.669. The number of aromatic nitrogens is 2. The molecule has 7 nitrogen and oxygen atoms in total. The largest absolute Gasteiger partial charge is 0.338 e. The second-order valence-corrected chi connectivity index (χ2v) is 6.61. The maximum Gasteiger partial charge on any atom is 0.331 e. The number of rotatable bonds is 4. The molecule has 7 heteroatoms. The molecule has 1 saturated heterocycles. The highest BCUT2D eigenvalue weighted by molar-refractivity contribution is 5.76. The van der Waals surface area contributed by atoms with Crippen molar-refractivity contribution in [2.24, 2.45) is 0 Å². The molecule has 128 valence electrons. The van der Waals surface area contributed by atoms with Gasteiger partial charge >= 0.3 is 5.69 Å². The van der Waals surface area contributed by atoms with Crippen molar-refractivity contribution in [2.45, 2.75) is 64.1 Å². The molecular weight excluding hydrogens is 308 g/mol. The highest BCUT2D eigenvalue weighted by Crippen LogP contribution is 2.33. The zero-order valence-corrected chi connectivity index (χ0v) is 13.9. The molecular formula is C17H22N4O3.